The fourth-order valence-electron chi connectivity index (χ4n) is 10.6. The van der Waals surface area contributed by atoms with Crippen LogP contribution in [0.5, 0.6) is 0 Å². The smallest absolute Gasteiger partial charge is 0.235 e. The van der Waals surface area contributed by atoms with Gasteiger partial charge in [0.05, 0.1) is 27.8 Å². The second kappa shape index (κ2) is 15.4. The van der Waals surface area contributed by atoms with Gasteiger partial charge < -0.3 is 4.57 Å². The fraction of sp³-hybridized carbons (Fsp3) is 0.0690. The number of para-hydroxylation sites is 2. The summed E-state index contributed by atoms with van der Waals surface area (Å²) >= 11 is 0. The number of benzene rings is 7. The molecule has 63 heavy (non-hydrogen) atoms. The summed E-state index contributed by atoms with van der Waals surface area (Å²) in [5.74, 6) is 0.652. The summed E-state index contributed by atoms with van der Waals surface area (Å²) in [6, 6.07) is 62.6. The van der Waals surface area contributed by atoms with E-state index in [1.165, 1.54) is 53.7 Å². The van der Waals surface area contributed by atoms with E-state index in [0.717, 1.165) is 52.8 Å². The van der Waals surface area contributed by atoms with Gasteiger partial charge in [0, 0.05) is 44.5 Å². The molecule has 5 heteroatoms. The summed E-state index contributed by atoms with van der Waals surface area (Å²) < 4.78 is 4.69. The standard InChI is InChI=1S/C58H44N4Si/c1-2-11-25-44(24-10-1)63(45-26-12-5-13-27-45,46-28-14-6-15-29-46)47-30-19-21-42(38-47)52-36-37-59-58(60-52)62-54-35-34-41-20-7-3-16-31-48(41)57(54)51-39-50-49-32-17-18-33-53(49)61(55(50)40-56(51)62)43-22-8-4-9-23-43/h3-19,21-40,44H,1-2,20H2. The molecule has 2 aliphatic rings. The third kappa shape index (κ3) is 6.03. The van der Waals surface area contributed by atoms with Crippen LogP contribution >= 0.6 is 0 Å². The van der Waals surface area contributed by atoms with Gasteiger partial charge in [0.25, 0.3) is 0 Å². The van der Waals surface area contributed by atoms with Crippen LogP contribution in [0, 0.1) is 0 Å². The predicted octanol–water partition coefficient (Wildman–Crippen LogP) is 12.2. The minimum Gasteiger partial charge on any atom is -0.309 e. The average molecular weight is 825 g/mol. The Morgan fingerprint density at radius 3 is 1.98 bits per heavy atom. The second-order valence-electron chi connectivity index (χ2n) is 16.8. The average Bonchev–Trinajstić information content (AvgIpc) is 3.53. The van der Waals surface area contributed by atoms with Crippen molar-refractivity contribution < 1.29 is 0 Å². The fourth-order valence-corrected chi connectivity index (χ4v) is 15.7. The summed E-state index contributed by atoms with van der Waals surface area (Å²) in [6.07, 6.45) is 23.5. The third-order valence-electron chi connectivity index (χ3n) is 13.3. The molecule has 4 nitrogen and oxygen atoms in total. The van der Waals surface area contributed by atoms with Crippen molar-refractivity contribution in [3.63, 3.8) is 0 Å². The second-order valence-corrected chi connectivity index (χ2v) is 20.8. The Hall–Kier alpha value is -7.60. The summed E-state index contributed by atoms with van der Waals surface area (Å²) in [5.41, 5.74) is 10.4. The van der Waals surface area contributed by atoms with E-state index >= 15 is 0 Å². The van der Waals surface area contributed by atoms with Crippen LogP contribution in [-0.4, -0.2) is 27.2 Å². The van der Waals surface area contributed by atoms with Crippen LogP contribution < -0.4 is 15.6 Å². The molecule has 10 aromatic rings. The quantitative estimate of drug-likeness (QED) is 0.0912. The van der Waals surface area contributed by atoms with Crippen molar-refractivity contribution in [1.82, 2.24) is 19.1 Å². The van der Waals surface area contributed by atoms with Crippen molar-refractivity contribution in [2.75, 3.05) is 0 Å². The molecule has 2 aliphatic carbocycles. The van der Waals surface area contributed by atoms with Crippen LogP contribution in [0.2, 0.25) is 5.54 Å². The van der Waals surface area contributed by atoms with Crippen LogP contribution in [0.3, 0.4) is 0 Å². The summed E-state index contributed by atoms with van der Waals surface area (Å²) in [7, 11) is -2.69. The van der Waals surface area contributed by atoms with E-state index < -0.39 is 8.07 Å². The van der Waals surface area contributed by atoms with Crippen molar-refractivity contribution in [3.05, 3.63) is 230 Å². The number of rotatable bonds is 7. The lowest BCUT2D eigenvalue weighted by Crippen LogP contribution is -2.69. The van der Waals surface area contributed by atoms with Gasteiger partial charge in [-0.1, -0.05) is 176 Å². The number of nitrogens with zero attached hydrogens (tertiary/aromatic N) is 4. The van der Waals surface area contributed by atoms with Gasteiger partial charge in [-0.05, 0) is 88.4 Å². The van der Waals surface area contributed by atoms with Crippen LogP contribution in [0.15, 0.2) is 219 Å². The van der Waals surface area contributed by atoms with E-state index in [1.807, 2.05) is 6.20 Å². The lowest BCUT2D eigenvalue weighted by molar-refractivity contribution is 0.992. The monoisotopic (exact) mass is 824 g/mol. The van der Waals surface area contributed by atoms with E-state index in [4.69, 9.17) is 9.97 Å². The van der Waals surface area contributed by atoms with Gasteiger partial charge in [0.1, 0.15) is 0 Å². The highest BCUT2D eigenvalue weighted by molar-refractivity contribution is 7.13. The molecule has 0 fully saturated rings. The van der Waals surface area contributed by atoms with Crippen LogP contribution in [-0.2, 0) is 6.42 Å². The molecule has 300 valence electrons. The maximum Gasteiger partial charge on any atom is 0.235 e. The van der Waals surface area contributed by atoms with Crippen molar-refractivity contribution in [1.29, 1.82) is 0 Å². The molecule has 0 aliphatic heterocycles. The van der Waals surface area contributed by atoms with Crippen LogP contribution in [0.4, 0.5) is 0 Å². The predicted molar refractivity (Wildman–Crippen MR) is 267 cm³/mol. The molecule has 3 aromatic heterocycles. The Labute approximate surface area is 368 Å². The Morgan fingerprint density at radius 2 is 1.21 bits per heavy atom. The van der Waals surface area contributed by atoms with E-state index in [2.05, 4.69) is 228 Å². The first-order valence-electron chi connectivity index (χ1n) is 22.1. The first kappa shape index (κ1) is 37.2. The van der Waals surface area contributed by atoms with Gasteiger partial charge >= 0.3 is 0 Å². The van der Waals surface area contributed by atoms with Gasteiger partial charge in [0.2, 0.25) is 5.95 Å². The van der Waals surface area contributed by atoms with Crippen LogP contribution in [0.25, 0.3) is 72.6 Å². The molecule has 0 amide bonds. The molecule has 0 spiro atoms. The molecular formula is C58H44N4Si. The molecule has 7 aromatic carbocycles. The Bertz CT molecular complexity index is 3430. The minimum absolute atomic E-state index is 0.237. The molecule has 3 heterocycles. The van der Waals surface area contributed by atoms with Crippen molar-refractivity contribution in [2.24, 2.45) is 0 Å². The van der Waals surface area contributed by atoms with E-state index in [-0.39, 0.29) is 5.54 Å². The highest BCUT2D eigenvalue weighted by atomic mass is 28.3. The minimum atomic E-state index is -2.69. The highest BCUT2D eigenvalue weighted by Crippen LogP contribution is 2.42. The zero-order chi connectivity index (χ0) is 41.7. The maximum atomic E-state index is 5.52. The van der Waals surface area contributed by atoms with E-state index in [0.29, 0.717) is 5.95 Å². The molecule has 0 saturated heterocycles. The maximum absolute atomic E-state index is 5.52. The molecule has 0 N–H and O–H groups in total. The molecule has 0 radical (unpaired) electrons. The zero-order valence-electron chi connectivity index (χ0n) is 34.8. The Balaban J connectivity index is 1.10. The molecule has 12 rings (SSSR count). The number of hydrogen-bond donors (Lipinski definition) is 0. The Kier molecular flexibility index (Phi) is 9.08. The highest BCUT2D eigenvalue weighted by Gasteiger charge is 2.44. The molecular weight excluding hydrogens is 781 g/mol. The van der Waals surface area contributed by atoms with Gasteiger partial charge in [-0.3, -0.25) is 4.57 Å². The number of allylic oxidation sites excluding steroid dienone is 7. The summed E-state index contributed by atoms with van der Waals surface area (Å²) in [4.78, 5) is 10.6. The molecule has 0 unspecified atom stereocenters. The summed E-state index contributed by atoms with van der Waals surface area (Å²) in [5, 5.41) is 9.02. The number of fused-ring (bicyclic) bond motifs is 8. The SMILES string of the molecule is C1=CCc2ccc3c(c2C=C1)c1cc2c4ccccc4n(-c4ccccc4)c2cc1n3-c1nccc(-c2cccc([Si](c3ccccc3)(c3ccccc3)C3C=CCCC=C3)c2)n1. The van der Waals surface area contributed by atoms with Crippen molar-refractivity contribution in [2.45, 2.75) is 24.8 Å². The molecule has 0 bridgehead atoms. The van der Waals surface area contributed by atoms with Crippen LogP contribution in [0.1, 0.15) is 24.0 Å². The van der Waals surface area contributed by atoms with Gasteiger partial charge in [-0.15, -0.1) is 0 Å². The third-order valence-corrected chi connectivity index (χ3v) is 18.4. The van der Waals surface area contributed by atoms with Crippen molar-refractivity contribution in [3.8, 4) is 22.9 Å². The topological polar surface area (TPSA) is 35.6 Å². The lowest BCUT2D eigenvalue weighted by atomic mass is 9.98. The molecule has 0 atom stereocenters. The zero-order valence-corrected chi connectivity index (χ0v) is 35.8. The van der Waals surface area contributed by atoms with E-state index in [9.17, 15) is 0 Å². The molecule has 0 saturated carbocycles. The number of hydrogen-bond acceptors (Lipinski definition) is 2. The van der Waals surface area contributed by atoms with E-state index in [1.54, 1.807) is 0 Å². The Morgan fingerprint density at radius 1 is 0.508 bits per heavy atom. The van der Waals surface area contributed by atoms with Gasteiger partial charge in [0.15, 0.2) is 8.07 Å². The number of aromatic nitrogens is 4. The normalized spacial score (nSPS) is 14.2. The lowest BCUT2D eigenvalue weighted by Gasteiger charge is -2.38. The van der Waals surface area contributed by atoms with Gasteiger partial charge in [-0.2, -0.15) is 0 Å². The largest absolute Gasteiger partial charge is 0.309 e. The summed E-state index contributed by atoms with van der Waals surface area (Å²) in [6.45, 7) is 0. The first-order chi connectivity index (χ1) is 31.3. The first-order valence-corrected chi connectivity index (χ1v) is 24.2. The van der Waals surface area contributed by atoms with Crippen molar-refractivity contribution >= 4 is 73.3 Å². The van der Waals surface area contributed by atoms with Gasteiger partial charge in [-0.25, -0.2) is 9.97 Å².